The quantitative estimate of drug-likeness (QED) is 0.840. The van der Waals surface area contributed by atoms with Gasteiger partial charge in [0.1, 0.15) is 5.75 Å². The SMILES string of the molecule is CC[C@H](CO)NCc1cc(Cl)cc(Cl)c1OC. The Morgan fingerprint density at radius 3 is 2.65 bits per heavy atom. The van der Waals surface area contributed by atoms with Crippen molar-refractivity contribution in [1.82, 2.24) is 5.32 Å². The third-order valence-electron chi connectivity index (χ3n) is 2.58. The molecule has 1 atom stereocenters. The van der Waals surface area contributed by atoms with Gasteiger partial charge < -0.3 is 15.2 Å². The molecule has 0 unspecified atom stereocenters. The van der Waals surface area contributed by atoms with E-state index in [0.29, 0.717) is 22.3 Å². The molecule has 0 radical (unpaired) electrons. The van der Waals surface area contributed by atoms with E-state index in [1.54, 1.807) is 13.2 Å². The number of rotatable bonds is 6. The molecule has 0 heterocycles. The highest BCUT2D eigenvalue weighted by atomic mass is 35.5. The Hall–Kier alpha value is -0.480. The van der Waals surface area contributed by atoms with Crippen LogP contribution < -0.4 is 10.1 Å². The normalized spacial score (nSPS) is 12.5. The van der Waals surface area contributed by atoms with Gasteiger partial charge in [-0.3, -0.25) is 0 Å². The molecule has 96 valence electrons. The van der Waals surface area contributed by atoms with Crippen LogP contribution in [0.4, 0.5) is 0 Å². The third kappa shape index (κ3) is 4.03. The van der Waals surface area contributed by atoms with E-state index in [0.717, 1.165) is 12.0 Å². The zero-order valence-electron chi connectivity index (χ0n) is 9.96. The highest BCUT2D eigenvalue weighted by Gasteiger charge is 2.11. The van der Waals surface area contributed by atoms with Crippen LogP contribution in [0.2, 0.25) is 10.0 Å². The Labute approximate surface area is 112 Å². The number of aliphatic hydroxyl groups is 1. The topological polar surface area (TPSA) is 41.5 Å². The molecule has 1 aromatic carbocycles. The molecular weight excluding hydrogens is 261 g/mol. The van der Waals surface area contributed by atoms with E-state index in [9.17, 15) is 0 Å². The lowest BCUT2D eigenvalue weighted by atomic mass is 10.1. The highest BCUT2D eigenvalue weighted by molar-refractivity contribution is 6.35. The number of benzene rings is 1. The molecule has 0 saturated heterocycles. The van der Waals surface area contributed by atoms with E-state index >= 15 is 0 Å². The maximum atomic E-state index is 9.09. The molecule has 1 rings (SSSR count). The zero-order chi connectivity index (χ0) is 12.8. The smallest absolute Gasteiger partial charge is 0.142 e. The van der Waals surface area contributed by atoms with E-state index in [2.05, 4.69) is 5.32 Å². The van der Waals surface area contributed by atoms with Crippen LogP contribution in [-0.2, 0) is 6.54 Å². The van der Waals surface area contributed by atoms with Crippen LogP contribution >= 0.6 is 23.2 Å². The lowest BCUT2D eigenvalue weighted by Gasteiger charge is -2.16. The molecule has 0 bridgehead atoms. The molecule has 0 aliphatic rings. The molecule has 0 aliphatic carbocycles. The molecule has 0 aliphatic heterocycles. The molecule has 0 fully saturated rings. The number of methoxy groups -OCH3 is 1. The predicted octanol–water partition coefficient (Wildman–Crippen LogP) is 2.86. The van der Waals surface area contributed by atoms with Crippen molar-refractivity contribution in [3.8, 4) is 5.75 Å². The molecule has 0 aromatic heterocycles. The van der Waals surface area contributed by atoms with Crippen molar-refractivity contribution in [3.05, 3.63) is 27.7 Å². The highest BCUT2D eigenvalue weighted by Crippen LogP contribution is 2.32. The van der Waals surface area contributed by atoms with E-state index in [4.69, 9.17) is 33.0 Å². The Bertz CT molecular complexity index is 368. The fourth-order valence-electron chi connectivity index (χ4n) is 1.57. The summed E-state index contributed by atoms with van der Waals surface area (Å²) < 4.78 is 5.24. The number of hydrogen-bond acceptors (Lipinski definition) is 3. The summed E-state index contributed by atoms with van der Waals surface area (Å²) in [6.45, 7) is 2.67. The van der Waals surface area contributed by atoms with E-state index in [1.165, 1.54) is 0 Å². The number of hydrogen-bond donors (Lipinski definition) is 2. The summed E-state index contributed by atoms with van der Waals surface area (Å²) in [5, 5.41) is 13.4. The minimum absolute atomic E-state index is 0.0671. The fraction of sp³-hybridized carbons (Fsp3) is 0.500. The monoisotopic (exact) mass is 277 g/mol. The van der Waals surface area contributed by atoms with Crippen molar-refractivity contribution < 1.29 is 9.84 Å². The van der Waals surface area contributed by atoms with Gasteiger partial charge in [0.25, 0.3) is 0 Å². The first-order valence-electron chi connectivity index (χ1n) is 5.48. The average molecular weight is 278 g/mol. The molecule has 3 nitrogen and oxygen atoms in total. The second kappa shape index (κ2) is 7.07. The largest absolute Gasteiger partial charge is 0.495 e. The molecule has 17 heavy (non-hydrogen) atoms. The van der Waals surface area contributed by atoms with Gasteiger partial charge in [-0.05, 0) is 18.6 Å². The molecule has 0 saturated carbocycles. The summed E-state index contributed by atoms with van der Waals surface area (Å²) in [5.41, 5.74) is 0.886. The Morgan fingerprint density at radius 2 is 2.12 bits per heavy atom. The van der Waals surface area contributed by atoms with Gasteiger partial charge in [-0.15, -0.1) is 0 Å². The Balaban J connectivity index is 2.82. The summed E-state index contributed by atoms with van der Waals surface area (Å²) in [4.78, 5) is 0. The van der Waals surface area contributed by atoms with Crippen molar-refractivity contribution in [2.45, 2.75) is 25.9 Å². The van der Waals surface area contributed by atoms with Crippen LogP contribution in [0.5, 0.6) is 5.75 Å². The first-order chi connectivity index (χ1) is 8.12. The third-order valence-corrected chi connectivity index (χ3v) is 3.08. The van der Waals surface area contributed by atoms with Gasteiger partial charge in [-0.2, -0.15) is 0 Å². The Kier molecular flexibility index (Phi) is 6.06. The van der Waals surface area contributed by atoms with Crippen molar-refractivity contribution in [2.24, 2.45) is 0 Å². The van der Waals surface area contributed by atoms with Crippen LogP contribution in [0.15, 0.2) is 12.1 Å². The number of ether oxygens (including phenoxy) is 1. The summed E-state index contributed by atoms with van der Waals surface area (Å²) in [7, 11) is 1.57. The van der Waals surface area contributed by atoms with E-state index in [-0.39, 0.29) is 12.6 Å². The number of nitrogens with one attached hydrogen (secondary N) is 1. The van der Waals surface area contributed by atoms with Gasteiger partial charge in [0.15, 0.2) is 0 Å². The van der Waals surface area contributed by atoms with Gasteiger partial charge >= 0.3 is 0 Å². The average Bonchev–Trinajstić information content (AvgIpc) is 2.29. The van der Waals surface area contributed by atoms with Crippen LogP contribution in [0.3, 0.4) is 0 Å². The maximum absolute atomic E-state index is 9.09. The van der Waals surface area contributed by atoms with Crippen LogP contribution in [0.1, 0.15) is 18.9 Å². The summed E-state index contributed by atoms with van der Waals surface area (Å²) in [6.07, 6.45) is 0.854. The van der Waals surface area contributed by atoms with Crippen LogP contribution in [0.25, 0.3) is 0 Å². The molecule has 1 aromatic rings. The van der Waals surface area contributed by atoms with Crippen LogP contribution in [0, 0.1) is 0 Å². The predicted molar refractivity (Wildman–Crippen MR) is 71.0 cm³/mol. The first-order valence-corrected chi connectivity index (χ1v) is 6.24. The lowest BCUT2D eigenvalue weighted by Crippen LogP contribution is -2.31. The number of halogens is 2. The fourth-order valence-corrected chi connectivity index (χ4v) is 2.18. The van der Waals surface area contributed by atoms with Crippen molar-refractivity contribution in [1.29, 1.82) is 0 Å². The molecule has 2 N–H and O–H groups in total. The number of aliphatic hydroxyl groups excluding tert-OH is 1. The maximum Gasteiger partial charge on any atom is 0.142 e. The van der Waals surface area contributed by atoms with E-state index < -0.39 is 0 Å². The minimum Gasteiger partial charge on any atom is -0.495 e. The van der Waals surface area contributed by atoms with Gasteiger partial charge in [-0.1, -0.05) is 30.1 Å². The molecule has 5 heteroatoms. The summed E-state index contributed by atoms with van der Waals surface area (Å²) in [6, 6.07) is 3.52. The van der Waals surface area contributed by atoms with Crippen molar-refractivity contribution in [2.75, 3.05) is 13.7 Å². The van der Waals surface area contributed by atoms with E-state index in [1.807, 2.05) is 13.0 Å². The summed E-state index contributed by atoms with van der Waals surface area (Å²) in [5.74, 6) is 0.622. The summed E-state index contributed by atoms with van der Waals surface area (Å²) >= 11 is 12.0. The molecule has 0 spiro atoms. The van der Waals surface area contributed by atoms with Crippen molar-refractivity contribution in [3.63, 3.8) is 0 Å². The molecule has 0 amide bonds. The van der Waals surface area contributed by atoms with Gasteiger partial charge in [0.05, 0.1) is 18.7 Å². The van der Waals surface area contributed by atoms with Gasteiger partial charge in [0, 0.05) is 23.2 Å². The second-order valence-corrected chi connectivity index (χ2v) is 4.59. The van der Waals surface area contributed by atoms with Crippen LogP contribution in [-0.4, -0.2) is 24.9 Å². The lowest BCUT2D eigenvalue weighted by molar-refractivity contribution is 0.238. The Morgan fingerprint density at radius 1 is 1.41 bits per heavy atom. The van der Waals surface area contributed by atoms with Gasteiger partial charge in [0.2, 0.25) is 0 Å². The minimum atomic E-state index is 0.0671. The van der Waals surface area contributed by atoms with Crippen molar-refractivity contribution >= 4 is 23.2 Å². The van der Waals surface area contributed by atoms with Gasteiger partial charge in [-0.25, -0.2) is 0 Å². The second-order valence-electron chi connectivity index (χ2n) is 3.75. The first kappa shape index (κ1) is 14.6. The zero-order valence-corrected chi connectivity index (χ0v) is 11.5. The molecular formula is C12H17Cl2NO2. The standard InChI is InChI=1S/C12H17Cl2NO2/c1-3-10(7-16)15-6-8-4-9(13)5-11(14)12(8)17-2/h4-5,10,15-16H,3,6-7H2,1-2H3/t10-/m1/s1.